The van der Waals surface area contributed by atoms with Crippen LogP contribution in [0.4, 0.5) is 0 Å². The molecule has 0 aliphatic carbocycles. The summed E-state index contributed by atoms with van der Waals surface area (Å²) in [5.74, 6) is 0.701. The molecule has 0 spiro atoms. The quantitative estimate of drug-likeness (QED) is 0.728. The standard InChI is InChI=1S/C15H20ClN3O2/c1-19-9-7-13(18-19)6-8-17-10-14(20)11-21-15-4-2-12(16)3-5-15/h2-5,7,9,14,17,20H,6,8,10-11H2,1H3. The lowest BCUT2D eigenvalue weighted by atomic mass is 10.3. The second-order valence-corrected chi connectivity index (χ2v) is 5.29. The highest BCUT2D eigenvalue weighted by Crippen LogP contribution is 2.15. The molecule has 6 heteroatoms. The molecule has 1 unspecified atom stereocenters. The number of nitrogens with zero attached hydrogens (tertiary/aromatic N) is 2. The predicted octanol–water partition coefficient (Wildman–Crippen LogP) is 1.65. The lowest BCUT2D eigenvalue weighted by Crippen LogP contribution is -2.32. The maximum atomic E-state index is 9.83. The Kier molecular flexibility index (Phi) is 6.04. The summed E-state index contributed by atoms with van der Waals surface area (Å²) in [6.45, 7) is 1.51. The SMILES string of the molecule is Cn1ccc(CCNCC(O)COc2ccc(Cl)cc2)n1. The molecule has 1 atom stereocenters. The van der Waals surface area contributed by atoms with Crippen molar-refractivity contribution in [3.05, 3.63) is 47.2 Å². The molecule has 1 aromatic heterocycles. The van der Waals surface area contributed by atoms with Crippen LogP contribution in [0.15, 0.2) is 36.5 Å². The molecule has 0 saturated heterocycles. The molecule has 0 aliphatic heterocycles. The van der Waals surface area contributed by atoms with Crippen molar-refractivity contribution in [2.75, 3.05) is 19.7 Å². The molecule has 114 valence electrons. The van der Waals surface area contributed by atoms with Gasteiger partial charge in [-0.15, -0.1) is 0 Å². The average molecular weight is 310 g/mol. The summed E-state index contributed by atoms with van der Waals surface area (Å²) in [5, 5.41) is 18.0. The Labute approximate surface area is 129 Å². The highest BCUT2D eigenvalue weighted by molar-refractivity contribution is 6.30. The molecule has 0 bridgehead atoms. The smallest absolute Gasteiger partial charge is 0.119 e. The van der Waals surface area contributed by atoms with E-state index in [0.717, 1.165) is 18.7 Å². The zero-order valence-corrected chi connectivity index (χ0v) is 12.8. The zero-order valence-electron chi connectivity index (χ0n) is 12.0. The number of halogens is 1. The van der Waals surface area contributed by atoms with Gasteiger partial charge in [-0.2, -0.15) is 5.10 Å². The van der Waals surface area contributed by atoms with Gasteiger partial charge in [-0.1, -0.05) is 11.6 Å². The Hall–Kier alpha value is -1.56. The Balaban J connectivity index is 1.59. The molecule has 0 amide bonds. The Morgan fingerprint density at radius 2 is 2.10 bits per heavy atom. The fourth-order valence-corrected chi connectivity index (χ4v) is 1.99. The van der Waals surface area contributed by atoms with Crippen LogP contribution in [0.2, 0.25) is 5.02 Å². The van der Waals surface area contributed by atoms with Crippen molar-refractivity contribution in [2.45, 2.75) is 12.5 Å². The van der Waals surface area contributed by atoms with Gasteiger partial charge >= 0.3 is 0 Å². The van der Waals surface area contributed by atoms with Crippen LogP contribution in [0.3, 0.4) is 0 Å². The van der Waals surface area contributed by atoms with Crippen LogP contribution in [-0.4, -0.2) is 40.7 Å². The lowest BCUT2D eigenvalue weighted by molar-refractivity contribution is 0.106. The van der Waals surface area contributed by atoms with E-state index in [2.05, 4.69) is 10.4 Å². The van der Waals surface area contributed by atoms with Crippen LogP contribution in [0, 0.1) is 0 Å². The van der Waals surface area contributed by atoms with Crippen LogP contribution in [0.5, 0.6) is 5.75 Å². The maximum absolute atomic E-state index is 9.83. The number of nitrogens with one attached hydrogen (secondary N) is 1. The van der Waals surface area contributed by atoms with E-state index in [1.807, 2.05) is 19.3 Å². The average Bonchev–Trinajstić information content (AvgIpc) is 2.89. The number of aliphatic hydroxyl groups is 1. The van der Waals surface area contributed by atoms with Crippen LogP contribution in [0.1, 0.15) is 5.69 Å². The first-order valence-electron chi connectivity index (χ1n) is 6.89. The second kappa shape index (κ2) is 8.02. The molecular formula is C15H20ClN3O2. The van der Waals surface area contributed by atoms with Gasteiger partial charge in [0.15, 0.2) is 0 Å². The monoisotopic (exact) mass is 309 g/mol. The molecule has 0 radical (unpaired) electrons. The molecule has 1 aromatic carbocycles. The molecule has 0 aliphatic rings. The van der Waals surface area contributed by atoms with E-state index in [9.17, 15) is 5.11 Å². The second-order valence-electron chi connectivity index (χ2n) is 4.85. The van der Waals surface area contributed by atoms with Gasteiger partial charge < -0.3 is 15.2 Å². The Morgan fingerprint density at radius 1 is 1.33 bits per heavy atom. The highest BCUT2D eigenvalue weighted by atomic mass is 35.5. The third-order valence-electron chi connectivity index (χ3n) is 2.96. The summed E-state index contributed by atoms with van der Waals surface area (Å²) < 4.78 is 7.26. The Morgan fingerprint density at radius 3 is 2.76 bits per heavy atom. The molecule has 2 aromatic rings. The van der Waals surface area contributed by atoms with E-state index in [0.29, 0.717) is 17.3 Å². The normalized spacial score (nSPS) is 12.3. The van der Waals surface area contributed by atoms with Crippen LogP contribution in [0.25, 0.3) is 0 Å². The molecule has 2 rings (SSSR count). The van der Waals surface area contributed by atoms with Gasteiger partial charge in [0.1, 0.15) is 18.5 Å². The molecule has 0 saturated carbocycles. The van der Waals surface area contributed by atoms with Gasteiger partial charge in [0.25, 0.3) is 0 Å². The number of aryl methyl sites for hydroxylation is 1. The number of hydrogen-bond acceptors (Lipinski definition) is 4. The molecule has 5 nitrogen and oxygen atoms in total. The summed E-state index contributed by atoms with van der Waals surface area (Å²) in [4.78, 5) is 0. The number of hydrogen-bond donors (Lipinski definition) is 2. The zero-order chi connectivity index (χ0) is 15.1. The fraction of sp³-hybridized carbons (Fsp3) is 0.400. The van der Waals surface area contributed by atoms with Gasteiger partial charge in [0.2, 0.25) is 0 Å². The molecule has 1 heterocycles. The highest BCUT2D eigenvalue weighted by Gasteiger charge is 2.05. The third-order valence-corrected chi connectivity index (χ3v) is 3.21. The number of benzene rings is 1. The largest absolute Gasteiger partial charge is 0.491 e. The minimum absolute atomic E-state index is 0.248. The Bertz CT molecular complexity index is 542. The van der Waals surface area contributed by atoms with Gasteiger partial charge in [0, 0.05) is 37.8 Å². The number of rotatable bonds is 8. The van der Waals surface area contributed by atoms with E-state index in [-0.39, 0.29) is 6.61 Å². The minimum Gasteiger partial charge on any atom is -0.491 e. The maximum Gasteiger partial charge on any atom is 0.119 e. The number of aliphatic hydroxyl groups excluding tert-OH is 1. The summed E-state index contributed by atoms with van der Waals surface area (Å²) in [6, 6.07) is 9.07. The van der Waals surface area contributed by atoms with Crippen molar-refractivity contribution in [1.29, 1.82) is 0 Å². The van der Waals surface area contributed by atoms with Crippen LogP contribution >= 0.6 is 11.6 Å². The first-order valence-corrected chi connectivity index (χ1v) is 7.27. The van der Waals surface area contributed by atoms with Gasteiger partial charge in [-0.3, -0.25) is 4.68 Å². The van der Waals surface area contributed by atoms with E-state index in [1.54, 1.807) is 28.9 Å². The van der Waals surface area contributed by atoms with E-state index in [1.165, 1.54) is 0 Å². The number of aromatic nitrogens is 2. The minimum atomic E-state index is -0.551. The summed E-state index contributed by atoms with van der Waals surface area (Å²) in [6.07, 6.45) is 2.21. The summed E-state index contributed by atoms with van der Waals surface area (Å²) in [7, 11) is 1.90. The fourth-order valence-electron chi connectivity index (χ4n) is 1.86. The molecule has 0 fully saturated rings. The van der Waals surface area contributed by atoms with Crippen LogP contribution in [-0.2, 0) is 13.5 Å². The van der Waals surface area contributed by atoms with Crippen molar-refractivity contribution >= 4 is 11.6 Å². The van der Waals surface area contributed by atoms with E-state index < -0.39 is 6.10 Å². The first kappa shape index (κ1) is 15.8. The lowest BCUT2D eigenvalue weighted by Gasteiger charge is -2.13. The molecule has 2 N–H and O–H groups in total. The van der Waals surface area contributed by atoms with Gasteiger partial charge in [-0.05, 0) is 30.3 Å². The van der Waals surface area contributed by atoms with Gasteiger partial charge in [-0.25, -0.2) is 0 Å². The number of ether oxygens (including phenoxy) is 1. The van der Waals surface area contributed by atoms with Gasteiger partial charge in [0.05, 0.1) is 5.69 Å². The van der Waals surface area contributed by atoms with E-state index in [4.69, 9.17) is 16.3 Å². The van der Waals surface area contributed by atoms with Crippen molar-refractivity contribution in [3.63, 3.8) is 0 Å². The van der Waals surface area contributed by atoms with E-state index >= 15 is 0 Å². The molecule has 21 heavy (non-hydrogen) atoms. The van der Waals surface area contributed by atoms with Crippen molar-refractivity contribution in [1.82, 2.24) is 15.1 Å². The molecular weight excluding hydrogens is 290 g/mol. The topological polar surface area (TPSA) is 59.3 Å². The van der Waals surface area contributed by atoms with Crippen LogP contribution < -0.4 is 10.1 Å². The van der Waals surface area contributed by atoms with Crippen molar-refractivity contribution < 1.29 is 9.84 Å². The predicted molar refractivity (Wildman–Crippen MR) is 82.7 cm³/mol. The summed E-state index contributed by atoms with van der Waals surface area (Å²) in [5.41, 5.74) is 1.04. The van der Waals surface area contributed by atoms with Crippen molar-refractivity contribution in [2.24, 2.45) is 7.05 Å². The van der Waals surface area contributed by atoms with Crippen molar-refractivity contribution in [3.8, 4) is 5.75 Å². The first-order chi connectivity index (χ1) is 10.1. The third kappa shape index (κ3) is 5.75. The summed E-state index contributed by atoms with van der Waals surface area (Å²) >= 11 is 5.79.